The van der Waals surface area contributed by atoms with Crippen LogP contribution in [-0.2, 0) is 16.1 Å². The van der Waals surface area contributed by atoms with Crippen molar-refractivity contribution < 1.29 is 14.5 Å². The molecule has 0 fully saturated rings. The van der Waals surface area contributed by atoms with Gasteiger partial charge in [-0.1, -0.05) is 0 Å². The van der Waals surface area contributed by atoms with Gasteiger partial charge in [-0.2, -0.15) is 5.10 Å². The minimum Gasteiger partial charge on any atom is -0.466 e. The Bertz CT molecular complexity index is 498. The van der Waals surface area contributed by atoms with Crippen molar-refractivity contribution in [1.29, 1.82) is 0 Å². The zero-order valence-electron chi connectivity index (χ0n) is 12.3. The van der Waals surface area contributed by atoms with E-state index in [0.29, 0.717) is 31.2 Å². The van der Waals surface area contributed by atoms with Crippen LogP contribution in [0.5, 0.6) is 0 Å². The summed E-state index contributed by atoms with van der Waals surface area (Å²) in [6.07, 6.45) is 0.176. The molecule has 1 heterocycles. The highest BCUT2D eigenvalue weighted by molar-refractivity contribution is 5.70. The van der Waals surface area contributed by atoms with Crippen LogP contribution in [0.4, 0.5) is 11.5 Å². The van der Waals surface area contributed by atoms with Crippen LogP contribution in [0.2, 0.25) is 0 Å². The highest BCUT2D eigenvalue weighted by Crippen LogP contribution is 2.30. The van der Waals surface area contributed by atoms with Gasteiger partial charge in [0.05, 0.1) is 18.0 Å². The number of carbonyl (C=O) groups excluding carboxylic acids is 1. The molecule has 0 unspecified atom stereocenters. The molecule has 0 atom stereocenters. The molecule has 0 aromatic carbocycles. The number of esters is 1. The summed E-state index contributed by atoms with van der Waals surface area (Å²) >= 11 is 0. The smallest absolute Gasteiger partial charge is 0.333 e. The summed E-state index contributed by atoms with van der Waals surface area (Å²) in [6.45, 7) is 6.39. The van der Waals surface area contributed by atoms with Crippen molar-refractivity contribution in [3.05, 3.63) is 15.8 Å². The van der Waals surface area contributed by atoms with Gasteiger partial charge in [0.2, 0.25) is 5.82 Å². The predicted molar refractivity (Wildman–Crippen MR) is 73.8 cm³/mol. The fourth-order valence-corrected chi connectivity index (χ4v) is 1.97. The Balaban J connectivity index is 2.93. The largest absolute Gasteiger partial charge is 0.466 e. The molecule has 0 spiro atoms. The third kappa shape index (κ3) is 3.46. The lowest BCUT2D eigenvalue weighted by atomic mass is 10.3. The van der Waals surface area contributed by atoms with Gasteiger partial charge in [0, 0.05) is 20.1 Å². The molecule has 0 saturated heterocycles. The van der Waals surface area contributed by atoms with Gasteiger partial charge < -0.3 is 9.64 Å². The van der Waals surface area contributed by atoms with E-state index in [1.165, 1.54) is 0 Å². The van der Waals surface area contributed by atoms with E-state index in [2.05, 4.69) is 5.10 Å². The van der Waals surface area contributed by atoms with Crippen LogP contribution in [0, 0.1) is 17.0 Å². The Labute approximate surface area is 117 Å². The number of nitrogens with zero attached hydrogens (tertiary/aromatic N) is 4. The maximum Gasteiger partial charge on any atom is 0.333 e. The number of carbonyl (C=O) groups is 1. The molecule has 0 bridgehead atoms. The molecule has 112 valence electrons. The molecule has 8 nitrogen and oxygen atoms in total. The molecule has 0 amide bonds. The molecule has 1 aromatic heterocycles. The second-order valence-electron chi connectivity index (χ2n) is 4.31. The van der Waals surface area contributed by atoms with E-state index in [0.717, 1.165) is 0 Å². The van der Waals surface area contributed by atoms with Crippen LogP contribution in [0.1, 0.15) is 26.0 Å². The number of aryl methyl sites for hydroxylation is 2. The van der Waals surface area contributed by atoms with E-state index in [-0.39, 0.29) is 18.1 Å². The van der Waals surface area contributed by atoms with Crippen LogP contribution >= 0.6 is 0 Å². The average molecular weight is 284 g/mol. The number of ether oxygens (including phenoxy) is 1. The van der Waals surface area contributed by atoms with E-state index >= 15 is 0 Å². The first-order chi connectivity index (χ1) is 9.42. The van der Waals surface area contributed by atoms with Crippen LogP contribution in [-0.4, -0.2) is 40.9 Å². The normalized spacial score (nSPS) is 10.4. The maximum absolute atomic E-state index is 11.4. The van der Waals surface area contributed by atoms with Crippen molar-refractivity contribution in [2.75, 3.05) is 25.1 Å². The van der Waals surface area contributed by atoms with E-state index in [1.807, 2.05) is 6.92 Å². The number of rotatable bonds is 7. The first-order valence-corrected chi connectivity index (χ1v) is 6.50. The summed E-state index contributed by atoms with van der Waals surface area (Å²) in [6, 6.07) is 0. The summed E-state index contributed by atoms with van der Waals surface area (Å²) in [5, 5.41) is 15.3. The zero-order chi connectivity index (χ0) is 15.3. The van der Waals surface area contributed by atoms with Gasteiger partial charge in [-0.3, -0.25) is 14.9 Å². The Morgan fingerprint density at radius 1 is 1.50 bits per heavy atom. The number of hydrogen-bond donors (Lipinski definition) is 0. The summed E-state index contributed by atoms with van der Waals surface area (Å²) in [5.41, 5.74) is 0.355. The van der Waals surface area contributed by atoms with Gasteiger partial charge in [-0.15, -0.1) is 0 Å². The standard InChI is InChI=1S/C12H20N4O4/c1-5-15-12(11(16(18)19)9(3)13-15)14(4)8-7-10(17)20-6-2/h5-8H2,1-4H3. The third-order valence-corrected chi connectivity index (χ3v) is 2.87. The van der Waals surface area contributed by atoms with Crippen molar-refractivity contribution in [3.63, 3.8) is 0 Å². The van der Waals surface area contributed by atoms with E-state index < -0.39 is 4.92 Å². The summed E-state index contributed by atoms with van der Waals surface area (Å²) in [5.74, 6) is 0.0978. The molecular weight excluding hydrogens is 264 g/mol. The summed E-state index contributed by atoms with van der Waals surface area (Å²) in [7, 11) is 1.70. The van der Waals surface area contributed by atoms with Crippen molar-refractivity contribution in [1.82, 2.24) is 9.78 Å². The van der Waals surface area contributed by atoms with Gasteiger partial charge in [-0.25, -0.2) is 4.68 Å². The van der Waals surface area contributed by atoms with E-state index in [9.17, 15) is 14.9 Å². The molecule has 8 heteroatoms. The fourth-order valence-electron chi connectivity index (χ4n) is 1.97. The highest BCUT2D eigenvalue weighted by atomic mass is 16.6. The van der Waals surface area contributed by atoms with Crippen molar-refractivity contribution >= 4 is 17.5 Å². The second-order valence-corrected chi connectivity index (χ2v) is 4.31. The number of aromatic nitrogens is 2. The average Bonchev–Trinajstić information content (AvgIpc) is 2.73. The Morgan fingerprint density at radius 2 is 2.15 bits per heavy atom. The minimum atomic E-state index is -0.440. The minimum absolute atomic E-state index is 0.0155. The first-order valence-electron chi connectivity index (χ1n) is 6.50. The number of hydrogen-bond acceptors (Lipinski definition) is 6. The monoisotopic (exact) mass is 284 g/mol. The van der Waals surface area contributed by atoms with Crippen molar-refractivity contribution in [2.24, 2.45) is 0 Å². The first kappa shape index (κ1) is 15.9. The molecule has 1 aromatic rings. The quantitative estimate of drug-likeness (QED) is 0.428. The second kappa shape index (κ2) is 6.88. The lowest BCUT2D eigenvalue weighted by Crippen LogP contribution is -2.25. The molecule has 20 heavy (non-hydrogen) atoms. The Hall–Kier alpha value is -2.12. The lowest BCUT2D eigenvalue weighted by Gasteiger charge is -2.18. The van der Waals surface area contributed by atoms with Crippen LogP contribution in [0.25, 0.3) is 0 Å². The Morgan fingerprint density at radius 3 is 2.65 bits per heavy atom. The van der Waals surface area contributed by atoms with E-state index in [1.54, 1.807) is 30.5 Å². The number of nitro groups is 1. The zero-order valence-corrected chi connectivity index (χ0v) is 12.3. The van der Waals surface area contributed by atoms with Gasteiger partial charge in [0.15, 0.2) is 0 Å². The summed E-state index contributed by atoms with van der Waals surface area (Å²) < 4.78 is 6.41. The molecular formula is C12H20N4O4. The topological polar surface area (TPSA) is 90.5 Å². The predicted octanol–water partition coefficient (Wildman–Crippen LogP) is 1.51. The van der Waals surface area contributed by atoms with Crippen LogP contribution in [0.3, 0.4) is 0 Å². The molecule has 0 N–H and O–H groups in total. The van der Waals surface area contributed by atoms with Crippen LogP contribution < -0.4 is 4.90 Å². The third-order valence-electron chi connectivity index (χ3n) is 2.87. The molecule has 0 radical (unpaired) electrons. The highest BCUT2D eigenvalue weighted by Gasteiger charge is 2.27. The SMILES string of the molecule is CCOC(=O)CCN(C)c1c([N+](=O)[O-])c(C)nn1CC. The fraction of sp³-hybridized carbons (Fsp3) is 0.667. The molecule has 0 saturated carbocycles. The van der Waals surface area contributed by atoms with Gasteiger partial charge in [0.25, 0.3) is 0 Å². The molecule has 0 aliphatic rings. The van der Waals surface area contributed by atoms with Gasteiger partial charge >= 0.3 is 11.7 Å². The molecule has 0 aliphatic heterocycles. The number of anilines is 1. The molecule has 1 rings (SSSR count). The maximum atomic E-state index is 11.4. The van der Waals surface area contributed by atoms with Gasteiger partial charge in [-0.05, 0) is 20.8 Å². The van der Waals surface area contributed by atoms with Gasteiger partial charge in [0.1, 0.15) is 5.69 Å². The van der Waals surface area contributed by atoms with Crippen molar-refractivity contribution in [2.45, 2.75) is 33.7 Å². The summed E-state index contributed by atoms with van der Waals surface area (Å²) in [4.78, 5) is 23.7. The van der Waals surface area contributed by atoms with Crippen molar-refractivity contribution in [3.8, 4) is 0 Å². The van der Waals surface area contributed by atoms with Crippen LogP contribution in [0.15, 0.2) is 0 Å². The Kier molecular flexibility index (Phi) is 5.48. The molecule has 0 aliphatic carbocycles. The van der Waals surface area contributed by atoms with E-state index in [4.69, 9.17) is 4.74 Å². The lowest BCUT2D eigenvalue weighted by molar-refractivity contribution is -0.384.